The number of carbonyl (C=O) groups is 1. The average Bonchev–Trinajstić information content (AvgIpc) is 3.48. The molecule has 9 heteroatoms. The van der Waals surface area contributed by atoms with Gasteiger partial charge in [0, 0.05) is 5.02 Å². The van der Waals surface area contributed by atoms with Gasteiger partial charge < -0.3 is 14.5 Å². The number of hydrogen-bond acceptors (Lipinski definition) is 6. The SMILES string of the molecule is C[C@@H](NC(=O)CSc1nnc(COc2ccc(Cl)cc2)n1Cc1ccco1)c1ccccc1. The fraction of sp³-hybridized carbons (Fsp3) is 0.208. The number of thioether (sulfide) groups is 1. The highest BCUT2D eigenvalue weighted by Crippen LogP contribution is 2.22. The Morgan fingerprint density at radius 2 is 1.91 bits per heavy atom. The van der Waals surface area contributed by atoms with E-state index in [4.69, 9.17) is 20.8 Å². The number of aromatic nitrogens is 3. The molecule has 0 spiro atoms. The van der Waals surface area contributed by atoms with Crippen LogP contribution in [0.1, 0.15) is 30.1 Å². The third-order valence-corrected chi connectivity index (χ3v) is 6.10. The van der Waals surface area contributed by atoms with Crippen LogP contribution in [0.5, 0.6) is 5.75 Å². The molecular formula is C24H23ClN4O3S. The number of hydrogen-bond donors (Lipinski definition) is 1. The summed E-state index contributed by atoms with van der Waals surface area (Å²) in [5.41, 5.74) is 1.05. The number of nitrogens with one attached hydrogen (secondary N) is 1. The number of furan rings is 1. The summed E-state index contributed by atoms with van der Waals surface area (Å²) in [7, 11) is 0. The molecule has 1 N–H and O–H groups in total. The lowest BCUT2D eigenvalue weighted by Crippen LogP contribution is -2.28. The minimum absolute atomic E-state index is 0.0800. The predicted molar refractivity (Wildman–Crippen MR) is 127 cm³/mol. The molecule has 0 aliphatic heterocycles. The first-order valence-electron chi connectivity index (χ1n) is 10.4. The highest BCUT2D eigenvalue weighted by Gasteiger charge is 2.17. The second kappa shape index (κ2) is 11.1. The van der Waals surface area contributed by atoms with Crippen LogP contribution in [0.25, 0.3) is 0 Å². The summed E-state index contributed by atoms with van der Waals surface area (Å²) >= 11 is 7.26. The van der Waals surface area contributed by atoms with Gasteiger partial charge in [-0.1, -0.05) is 53.7 Å². The Bertz CT molecular complexity index is 1160. The van der Waals surface area contributed by atoms with Crippen molar-refractivity contribution in [3.05, 3.63) is 95.2 Å². The molecule has 7 nitrogen and oxygen atoms in total. The number of ether oxygens (including phenoxy) is 1. The van der Waals surface area contributed by atoms with Gasteiger partial charge in [-0.15, -0.1) is 10.2 Å². The van der Waals surface area contributed by atoms with E-state index < -0.39 is 0 Å². The smallest absolute Gasteiger partial charge is 0.230 e. The van der Waals surface area contributed by atoms with E-state index in [0.717, 1.165) is 11.3 Å². The van der Waals surface area contributed by atoms with Gasteiger partial charge in [-0.25, -0.2) is 0 Å². The lowest BCUT2D eigenvalue weighted by atomic mass is 10.1. The summed E-state index contributed by atoms with van der Waals surface area (Å²) in [4.78, 5) is 12.5. The second-order valence-electron chi connectivity index (χ2n) is 7.30. The van der Waals surface area contributed by atoms with Gasteiger partial charge in [0.15, 0.2) is 11.0 Å². The molecular weight excluding hydrogens is 460 g/mol. The average molecular weight is 483 g/mol. The molecule has 1 atom stereocenters. The van der Waals surface area contributed by atoms with Gasteiger partial charge in [-0.2, -0.15) is 0 Å². The maximum atomic E-state index is 12.5. The Kier molecular flexibility index (Phi) is 7.70. The molecule has 2 aromatic heterocycles. The first-order valence-corrected chi connectivity index (χ1v) is 11.7. The lowest BCUT2D eigenvalue weighted by Gasteiger charge is -2.14. The lowest BCUT2D eigenvalue weighted by molar-refractivity contribution is -0.119. The van der Waals surface area contributed by atoms with Crippen LogP contribution in [0.4, 0.5) is 0 Å². The molecule has 2 aromatic carbocycles. The van der Waals surface area contributed by atoms with E-state index >= 15 is 0 Å². The van der Waals surface area contributed by atoms with Gasteiger partial charge in [0.05, 0.1) is 24.6 Å². The molecule has 33 heavy (non-hydrogen) atoms. The van der Waals surface area contributed by atoms with Crippen molar-refractivity contribution in [1.82, 2.24) is 20.1 Å². The van der Waals surface area contributed by atoms with Crippen molar-refractivity contribution in [3.8, 4) is 5.75 Å². The zero-order chi connectivity index (χ0) is 23.0. The summed E-state index contributed by atoms with van der Waals surface area (Å²) < 4.78 is 13.2. The molecule has 0 bridgehead atoms. The molecule has 0 aliphatic rings. The van der Waals surface area contributed by atoms with Gasteiger partial charge in [-0.05, 0) is 48.9 Å². The van der Waals surface area contributed by atoms with Gasteiger partial charge >= 0.3 is 0 Å². The number of rotatable bonds is 10. The number of halogens is 1. The third kappa shape index (κ3) is 6.40. The van der Waals surface area contributed by atoms with Crippen molar-refractivity contribution < 1.29 is 13.9 Å². The van der Waals surface area contributed by atoms with Crippen molar-refractivity contribution in [2.75, 3.05) is 5.75 Å². The van der Waals surface area contributed by atoms with Crippen LogP contribution in [0, 0.1) is 0 Å². The van der Waals surface area contributed by atoms with E-state index in [-0.39, 0.29) is 24.3 Å². The summed E-state index contributed by atoms with van der Waals surface area (Å²) in [5.74, 6) is 2.19. The van der Waals surface area contributed by atoms with E-state index in [2.05, 4.69) is 15.5 Å². The first-order chi connectivity index (χ1) is 16.1. The van der Waals surface area contributed by atoms with Gasteiger partial charge in [0.2, 0.25) is 5.91 Å². The summed E-state index contributed by atoms with van der Waals surface area (Å²) in [6, 6.07) is 20.6. The van der Waals surface area contributed by atoms with Crippen molar-refractivity contribution in [1.29, 1.82) is 0 Å². The van der Waals surface area contributed by atoms with E-state index in [1.165, 1.54) is 11.8 Å². The second-order valence-corrected chi connectivity index (χ2v) is 8.67. The highest BCUT2D eigenvalue weighted by atomic mass is 35.5. The van der Waals surface area contributed by atoms with Crippen LogP contribution >= 0.6 is 23.4 Å². The Labute approximate surface area is 201 Å². The predicted octanol–water partition coefficient (Wildman–Crippen LogP) is 5.12. The number of amides is 1. The Balaban J connectivity index is 1.41. The standard InChI is InChI=1S/C24H23ClN4O3S/c1-17(18-6-3-2-4-7-18)26-23(30)16-33-24-28-27-22(29(24)14-21-8-5-13-31-21)15-32-20-11-9-19(25)10-12-20/h2-13,17H,14-16H2,1H3,(H,26,30)/t17-/m1/s1. The molecule has 0 aliphatic carbocycles. The van der Waals surface area contributed by atoms with Crippen molar-refractivity contribution in [3.63, 3.8) is 0 Å². The fourth-order valence-electron chi connectivity index (χ4n) is 3.17. The molecule has 4 aromatic rings. The number of nitrogens with zero attached hydrogens (tertiary/aromatic N) is 3. The molecule has 170 valence electrons. The van der Waals surface area contributed by atoms with Crippen LogP contribution in [-0.4, -0.2) is 26.4 Å². The van der Waals surface area contributed by atoms with Crippen molar-refractivity contribution in [2.24, 2.45) is 0 Å². The fourth-order valence-corrected chi connectivity index (χ4v) is 4.06. The van der Waals surface area contributed by atoms with Gasteiger partial charge in [0.25, 0.3) is 0 Å². The van der Waals surface area contributed by atoms with Crippen LogP contribution in [0.15, 0.2) is 82.6 Å². The zero-order valence-electron chi connectivity index (χ0n) is 18.0. The largest absolute Gasteiger partial charge is 0.486 e. The van der Waals surface area contributed by atoms with Crippen LogP contribution in [0.3, 0.4) is 0 Å². The Morgan fingerprint density at radius 3 is 2.64 bits per heavy atom. The monoisotopic (exact) mass is 482 g/mol. The molecule has 0 unspecified atom stereocenters. The summed E-state index contributed by atoms with van der Waals surface area (Å²) in [6.07, 6.45) is 1.62. The number of benzene rings is 2. The van der Waals surface area contributed by atoms with Gasteiger partial charge in [0.1, 0.15) is 18.1 Å². The molecule has 0 fully saturated rings. The molecule has 0 radical (unpaired) electrons. The van der Waals surface area contributed by atoms with Crippen LogP contribution in [-0.2, 0) is 17.9 Å². The van der Waals surface area contributed by atoms with Gasteiger partial charge in [-0.3, -0.25) is 9.36 Å². The highest BCUT2D eigenvalue weighted by molar-refractivity contribution is 7.99. The minimum atomic E-state index is -0.0807. The zero-order valence-corrected chi connectivity index (χ0v) is 19.6. The van der Waals surface area contributed by atoms with Crippen molar-refractivity contribution in [2.45, 2.75) is 31.3 Å². The van der Waals surface area contributed by atoms with E-state index in [9.17, 15) is 4.79 Å². The maximum Gasteiger partial charge on any atom is 0.230 e. The van der Waals surface area contributed by atoms with Crippen LogP contribution < -0.4 is 10.1 Å². The summed E-state index contributed by atoms with van der Waals surface area (Å²) in [6.45, 7) is 2.61. The maximum absolute atomic E-state index is 12.5. The minimum Gasteiger partial charge on any atom is -0.486 e. The quantitative estimate of drug-likeness (QED) is 0.316. The molecule has 4 rings (SSSR count). The molecule has 2 heterocycles. The third-order valence-electron chi connectivity index (χ3n) is 4.88. The summed E-state index contributed by atoms with van der Waals surface area (Å²) in [5, 5.41) is 12.8. The van der Waals surface area contributed by atoms with E-state index in [1.807, 2.05) is 54.0 Å². The normalized spacial score (nSPS) is 11.8. The molecule has 1 amide bonds. The Morgan fingerprint density at radius 1 is 1.12 bits per heavy atom. The topological polar surface area (TPSA) is 82.2 Å². The number of carbonyl (C=O) groups excluding carboxylic acids is 1. The Hall–Kier alpha value is -3.23. The molecule has 0 saturated heterocycles. The van der Waals surface area contributed by atoms with E-state index in [0.29, 0.717) is 28.3 Å². The van der Waals surface area contributed by atoms with Crippen molar-refractivity contribution >= 4 is 29.3 Å². The van der Waals surface area contributed by atoms with Crippen LogP contribution in [0.2, 0.25) is 5.02 Å². The molecule has 0 saturated carbocycles. The van der Waals surface area contributed by atoms with E-state index in [1.54, 1.807) is 30.5 Å². The first kappa shape index (κ1) is 22.9.